The molecule has 7 heteroatoms. The molecule has 30 heavy (non-hydrogen) atoms. The number of nitrogens with zero attached hydrogens (tertiary/aromatic N) is 3. The number of rotatable bonds is 4. The number of aryl methyl sites for hydroxylation is 1. The fourth-order valence-electron chi connectivity index (χ4n) is 5.14. The SMILES string of the molecule is Cc1ccnc(C#N)c1CC1c2ccccc2C(=O)N1CC1CC2(CNC(=O)O2)C1. The van der Waals surface area contributed by atoms with E-state index >= 15 is 0 Å². The summed E-state index contributed by atoms with van der Waals surface area (Å²) in [5.41, 5.74) is 3.63. The molecule has 0 radical (unpaired) electrons. The molecule has 1 saturated heterocycles. The first kappa shape index (κ1) is 18.6. The number of ether oxygens (including phenoxy) is 1. The van der Waals surface area contributed by atoms with Crippen molar-refractivity contribution in [2.45, 2.75) is 37.8 Å². The van der Waals surface area contributed by atoms with Gasteiger partial charge in [0.1, 0.15) is 17.4 Å². The molecule has 0 bridgehead atoms. The van der Waals surface area contributed by atoms with Gasteiger partial charge in [0.2, 0.25) is 0 Å². The highest BCUT2D eigenvalue weighted by atomic mass is 16.6. The summed E-state index contributed by atoms with van der Waals surface area (Å²) in [6.07, 6.45) is 3.36. The Labute approximate surface area is 174 Å². The summed E-state index contributed by atoms with van der Waals surface area (Å²) in [6.45, 7) is 3.13. The Hall–Kier alpha value is -3.40. The Morgan fingerprint density at radius 2 is 2.10 bits per heavy atom. The van der Waals surface area contributed by atoms with E-state index in [1.807, 2.05) is 42.2 Å². The van der Waals surface area contributed by atoms with Gasteiger partial charge in [-0.2, -0.15) is 5.26 Å². The predicted molar refractivity (Wildman–Crippen MR) is 108 cm³/mol. The standard InChI is InChI=1S/C23H22N4O3/c1-14-6-7-25-19(11-24)18(14)8-20-16-4-2-3-5-17(16)21(28)27(20)12-15-9-23(10-15)13-26-22(29)30-23/h2-7,15,20H,8-10,12-13H2,1H3,(H,26,29). The maximum atomic E-state index is 13.2. The summed E-state index contributed by atoms with van der Waals surface area (Å²) in [5.74, 6) is 0.307. The van der Waals surface area contributed by atoms with Crippen molar-refractivity contribution < 1.29 is 14.3 Å². The summed E-state index contributed by atoms with van der Waals surface area (Å²) in [6, 6.07) is 11.7. The molecule has 1 aromatic heterocycles. The molecular formula is C23H22N4O3. The number of alkyl carbamates (subject to hydrolysis) is 1. The van der Waals surface area contributed by atoms with Gasteiger partial charge in [-0.15, -0.1) is 0 Å². The number of benzene rings is 1. The van der Waals surface area contributed by atoms with Gasteiger partial charge in [0.25, 0.3) is 5.91 Å². The lowest BCUT2D eigenvalue weighted by molar-refractivity contribution is -0.0554. The molecule has 2 fully saturated rings. The van der Waals surface area contributed by atoms with Crippen molar-refractivity contribution in [1.29, 1.82) is 5.26 Å². The van der Waals surface area contributed by atoms with Crippen LogP contribution in [0.25, 0.3) is 0 Å². The lowest BCUT2D eigenvalue weighted by Gasteiger charge is -2.44. The van der Waals surface area contributed by atoms with Crippen LogP contribution in [0.1, 0.15) is 51.6 Å². The summed E-state index contributed by atoms with van der Waals surface area (Å²) in [7, 11) is 0. The van der Waals surface area contributed by atoms with Crippen molar-refractivity contribution in [3.63, 3.8) is 0 Å². The second-order valence-electron chi connectivity index (χ2n) is 8.53. The molecule has 1 aliphatic carbocycles. The smallest absolute Gasteiger partial charge is 0.407 e. The predicted octanol–water partition coefficient (Wildman–Crippen LogP) is 2.89. The van der Waals surface area contributed by atoms with E-state index in [0.717, 1.165) is 35.1 Å². The Bertz CT molecular complexity index is 1080. The van der Waals surface area contributed by atoms with E-state index in [4.69, 9.17) is 4.74 Å². The first-order valence-corrected chi connectivity index (χ1v) is 10.2. The van der Waals surface area contributed by atoms with Crippen molar-refractivity contribution in [2.75, 3.05) is 13.1 Å². The van der Waals surface area contributed by atoms with E-state index in [2.05, 4.69) is 16.4 Å². The minimum absolute atomic E-state index is 0.0261. The van der Waals surface area contributed by atoms with Crippen LogP contribution in [0.5, 0.6) is 0 Å². The van der Waals surface area contributed by atoms with Crippen molar-refractivity contribution in [3.05, 3.63) is 64.5 Å². The van der Waals surface area contributed by atoms with Crippen LogP contribution in [0, 0.1) is 24.2 Å². The van der Waals surface area contributed by atoms with Gasteiger partial charge in [-0.25, -0.2) is 9.78 Å². The van der Waals surface area contributed by atoms with E-state index in [1.54, 1.807) is 6.20 Å². The summed E-state index contributed by atoms with van der Waals surface area (Å²) >= 11 is 0. The number of carbonyl (C=O) groups excluding carboxylic acids is 2. The molecule has 2 aromatic rings. The van der Waals surface area contributed by atoms with Gasteiger partial charge in [-0.05, 0) is 54.5 Å². The van der Waals surface area contributed by atoms with Crippen molar-refractivity contribution >= 4 is 12.0 Å². The Balaban J connectivity index is 1.41. The van der Waals surface area contributed by atoms with E-state index in [0.29, 0.717) is 25.2 Å². The van der Waals surface area contributed by atoms with Crippen molar-refractivity contribution in [3.8, 4) is 6.07 Å². The van der Waals surface area contributed by atoms with Crippen LogP contribution >= 0.6 is 0 Å². The average Bonchev–Trinajstić information content (AvgIpc) is 3.23. The van der Waals surface area contributed by atoms with E-state index < -0.39 is 5.60 Å². The van der Waals surface area contributed by atoms with Gasteiger partial charge >= 0.3 is 6.09 Å². The Morgan fingerprint density at radius 1 is 1.30 bits per heavy atom. The second kappa shape index (κ2) is 6.84. The van der Waals surface area contributed by atoms with Gasteiger partial charge < -0.3 is 15.0 Å². The molecule has 2 amide bonds. The van der Waals surface area contributed by atoms with Gasteiger partial charge in [0.05, 0.1) is 12.6 Å². The first-order chi connectivity index (χ1) is 14.5. The van der Waals surface area contributed by atoms with Crippen LogP contribution in [0.3, 0.4) is 0 Å². The quantitative estimate of drug-likeness (QED) is 0.848. The molecule has 3 heterocycles. The third-order valence-electron chi connectivity index (χ3n) is 6.62. The summed E-state index contributed by atoms with van der Waals surface area (Å²) in [4.78, 5) is 30.8. The highest BCUT2D eigenvalue weighted by Crippen LogP contribution is 2.45. The lowest BCUT2D eigenvalue weighted by atomic mass is 9.70. The van der Waals surface area contributed by atoms with Crippen molar-refractivity contribution in [2.24, 2.45) is 5.92 Å². The molecule has 1 N–H and O–H groups in total. The number of nitrogens with one attached hydrogen (secondary N) is 1. The number of hydrogen-bond acceptors (Lipinski definition) is 5. The zero-order valence-electron chi connectivity index (χ0n) is 16.7. The number of aromatic nitrogens is 1. The molecule has 7 nitrogen and oxygen atoms in total. The molecule has 1 unspecified atom stereocenters. The largest absolute Gasteiger partial charge is 0.441 e. The maximum Gasteiger partial charge on any atom is 0.407 e. The van der Waals surface area contributed by atoms with Crippen LogP contribution in [0.15, 0.2) is 36.5 Å². The Morgan fingerprint density at radius 3 is 2.83 bits per heavy atom. The summed E-state index contributed by atoms with van der Waals surface area (Å²) in [5, 5.41) is 12.3. The fraction of sp³-hybridized carbons (Fsp3) is 0.391. The molecule has 1 aromatic carbocycles. The van der Waals surface area contributed by atoms with Crippen LogP contribution in [0.2, 0.25) is 0 Å². The van der Waals surface area contributed by atoms with E-state index in [1.165, 1.54) is 0 Å². The van der Waals surface area contributed by atoms with Gasteiger partial charge in [-0.1, -0.05) is 18.2 Å². The van der Waals surface area contributed by atoms with E-state index in [-0.39, 0.29) is 24.0 Å². The second-order valence-corrected chi connectivity index (χ2v) is 8.53. The third kappa shape index (κ3) is 2.91. The summed E-state index contributed by atoms with van der Waals surface area (Å²) < 4.78 is 5.44. The fourth-order valence-corrected chi connectivity index (χ4v) is 5.14. The number of nitriles is 1. The van der Waals surface area contributed by atoms with Crippen LogP contribution in [-0.4, -0.2) is 40.6 Å². The average molecular weight is 402 g/mol. The number of carbonyl (C=O) groups is 2. The molecule has 1 spiro atoms. The Kier molecular flexibility index (Phi) is 4.24. The molecule has 152 valence electrons. The van der Waals surface area contributed by atoms with Crippen LogP contribution < -0.4 is 5.32 Å². The van der Waals surface area contributed by atoms with E-state index in [9.17, 15) is 14.9 Å². The zero-order chi connectivity index (χ0) is 20.9. The highest BCUT2D eigenvalue weighted by Gasteiger charge is 2.52. The maximum absolute atomic E-state index is 13.2. The number of fused-ring (bicyclic) bond motifs is 1. The molecule has 1 atom stereocenters. The van der Waals surface area contributed by atoms with Crippen LogP contribution in [-0.2, 0) is 11.2 Å². The topological polar surface area (TPSA) is 95.3 Å². The minimum atomic E-state index is -0.402. The molecule has 1 saturated carbocycles. The van der Waals surface area contributed by atoms with Crippen LogP contribution in [0.4, 0.5) is 4.79 Å². The van der Waals surface area contributed by atoms with Gasteiger partial charge in [-0.3, -0.25) is 4.79 Å². The van der Waals surface area contributed by atoms with Gasteiger partial charge in [0.15, 0.2) is 0 Å². The monoisotopic (exact) mass is 402 g/mol. The molecule has 2 aliphatic heterocycles. The van der Waals surface area contributed by atoms with Crippen molar-refractivity contribution in [1.82, 2.24) is 15.2 Å². The van der Waals surface area contributed by atoms with Gasteiger partial charge in [0, 0.05) is 24.7 Å². The molecular weight excluding hydrogens is 380 g/mol. The number of hydrogen-bond donors (Lipinski definition) is 1. The number of amides is 2. The normalized spacial score (nSPS) is 26.7. The highest BCUT2D eigenvalue weighted by molar-refractivity contribution is 5.99. The first-order valence-electron chi connectivity index (χ1n) is 10.2. The molecule has 3 aliphatic rings. The zero-order valence-corrected chi connectivity index (χ0v) is 16.7. The lowest BCUT2D eigenvalue weighted by Crippen LogP contribution is -2.51. The number of pyridine rings is 1. The minimum Gasteiger partial charge on any atom is -0.441 e. The molecule has 5 rings (SSSR count). The third-order valence-corrected chi connectivity index (χ3v) is 6.62.